The minimum atomic E-state index is -2.03. The van der Waals surface area contributed by atoms with Crippen LogP contribution in [0.3, 0.4) is 0 Å². The number of benzene rings is 1. The minimum absolute atomic E-state index is 0.00535. The van der Waals surface area contributed by atoms with Gasteiger partial charge >= 0.3 is 0 Å². The molecule has 1 amide bonds. The van der Waals surface area contributed by atoms with Crippen LogP contribution < -0.4 is 10.2 Å². The number of halogens is 2. The molecule has 8 heteroatoms. The molecule has 26 heavy (non-hydrogen) atoms. The molecule has 0 aliphatic carbocycles. The Hall–Kier alpha value is -2.42. The van der Waals surface area contributed by atoms with Crippen LogP contribution in [0.2, 0.25) is 0 Å². The topological polar surface area (TPSA) is 85.7 Å². The quantitative estimate of drug-likeness (QED) is 0.696. The zero-order valence-electron chi connectivity index (χ0n) is 14.1. The second kappa shape index (κ2) is 7.06. The van der Waals surface area contributed by atoms with Gasteiger partial charge in [0, 0.05) is 31.3 Å². The van der Waals surface area contributed by atoms with Crippen LogP contribution in [0.25, 0.3) is 0 Å². The second-order valence-electron chi connectivity index (χ2n) is 6.35. The second-order valence-corrected chi connectivity index (χ2v) is 6.35. The highest BCUT2D eigenvalue weighted by molar-refractivity contribution is 6.02. The Bertz CT molecular complexity index is 796. The van der Waals surface area contributed by atoms with E-state index in [1.165, 1.54) is 11.1 Å². The number of carbonyl (C=O) groups excluding carboxylic acids is 1. The number of aliphatic hydroxyl groups is 2. The van der Waals surface area contributed by atoms with Crippen molar-refractivity contribution in [1.82, 2.24) is 10.3 Å². The van der Waals surface area contributed by atoms with Crippen LogP contribution in [0.4, 0.5) is 14.5 Å². The predicted molar refractivity (Wildman–Crippen MR) is 90.1 cm³/mol. The number of aryl methyl sites for hydroxylation is 1. The molecule has 0 bridgehead atoms. The molecule has 0 saturated carbocycles. The van der Waals surface area contributed by atoms with Crippen molar-refractivity contribution in [2.75, 3.05) is 11.4 Å². The summed E-state index contributed by atoms with van der Waals surface area (Å²) < 4.78 is 26.4. The third kappa shape index (κ3) is 3.57. The molecule has 1 saturated heterocycles. The molecule has 1 aromatic carbocycles. The van der Waals surface area contributed by atoms with E-state index >= 15 is 0 Å². The van der Waals surface area contributed by atoms with Crippen molar-refractivity contribution in [1.29, 1.82) is 0 Å². The van der Waals surface area contributed by atoms with Crippen LogP contribution in [0.15, 0.2) is 36.5 Å². The number of pyridine rings is 1. The number of anilines is 1. The Kier molecular flexibility index (Phi) is 4.99. The summed E-state index contributed by atoms with van der Waals surface area (Å²) in [4.78, 5) is 18.1. The van der Waals surface area contributed by atoms with E-state index in [9.17, 15) is 23.8 Å². The number of hydrogen-bond donors (Lipinski definition) is 3. The lowest BCUT2D eigenvalue weighted by molar-refractivity contribution is -0.148. The Morgan fingerprint density at radius 1 is 1.31 bits per heavy atom. The van der Waals surface area contributed by atoms with Crippen LogP contribution in [0.5, 0.6) is 0 Å². The van der Waals surface area contributed by atoms with Crippen molar-refractivity contribution in [2.24, 2.45) is 0 Å². The molecule has 2 unspecified atom stereocenters. The monoisotopic (exact) mass is 363 g/mol. The Morgan fingerprint density at radius 2 is 2.00 bits per heavy atom. The van der Waals surface area contributed by atoms with Crippen LogP contribution in [-0.2, 0) is 11.3 Å². The molecular formula is C18H19F2N3O3. The molecule has 1 aliphatic rings. The Balaban J connectivity index is 1.69. The maximum absolute atomic E-state index is 13.2. The molecule has 2 heterocycles. The van der Waals surface area contributed by atoms with E-state index in [1.54, 1.807) is 12.1 Å². The molecule has 0 spiro atoms. The summed E-state index contributed by atoms with van der Waals surface area (Å²) in [5.41, 5.74) is -0.470. The molecule has 2 atom stereocenters. The number of rotatable bonds is 5. The van der Waals surface area contributed by atoms with Gasteiger partial charge in [-0.25, -0.2) is 8.78 Å². The van der Waals surface area contributed by atoms with Gasteiger partial charge in [0.1, 0.15) is 17.9 Å². The molecule has 0 radical (unpaired) electrons. The lowest BCUT2D eigenvalue weighted by Gasteiger charge is -2.28. The third-order valence-corrected chi connectivity index (χ3v) is 4.41. The summed E-state index contributed by atoms with van der Waals surface area (Å²) in [6, 6.07) is 6.40. The van der Waals surface area contributed by atoms with Gasteiger partial charge < -0.3 is 15.1 Å². The summed E-state index contributed by atoms with van der Waals surface area (Å²) in [7, 11) is 0. The fourth-order valence-corrected chi connectivity index (χ4v) is 2.94. The highest BCUT2D eigenvalue weighted by Crippen LogP contribution is 2.30. The standard InChI is InChI=1S/C18H19F2N3O3/c1-11-2-3-15(10-21-11)23-5-4-18(26,17(23)25)16(24)22-9-12-6-13(19)8-14(20)7-12/h2-3,6-8,10,16,22,24,26H,4-5,9H2,1H3. The van der Waals surface area contributed by atoms with Crippen molar-refractivity contribution in [3.05, 3.63) is 59.4 Å². The van der Waals surface area contributed by atoms with E-state index in [2.05, 4.69) is 10.3 Å². The number of hydrogen-bond acceptors (Lipinski definition) is 5. The molecule has 1 aliphatic heterocycles. The van der Waals surface area contributed by atoms with Crippen molar-refractivity contribution >= 4 is 11.6 Å². The molecule has 138 valence electrons. The minimum Gasteiger partial charge on any atom is -0.376 e. The molecule has 2 aromatic rings. The first-order chi connectivity index (χ1) is 12.3. The zero-order chi connectivity index (χ0) is 18.9. The van der Waals surface area contributed by atoms with E-state index in [4.69, 9.17) is 0 Å². The average Bonchev–Trinajstić information content (AvgIpc) is 2.89. The number of aromatic nitrogens is 1. The van der Waals surface area contributed by atoms with Crippen LogP contribution in [-0.4, -0.2) is 39.5 Å². The van der Waals surface area contributed by atoms with Gasteiger partial charge in [-0.3, -0.25) is 15.1 Å². The lowest BCUT2D eigenvalue weighted by atomic mass is 10.00. The van der Waals surface area contributed by atoms with Gasteiger partial charge in [-0.2, -0.15) is 0 Å². The molecule has 1 aromatic heterocycles. The number of carbonyl (C=O) groups is 1. The number of aliphatic hydroxyl groups excluding tert-OH is 1. The summed E-state index contributed by atoms with van der Waals surface area (Å²) in [6.07, 6.45) is -0.0654. The van der Waals surface area contributed by atoms with Gasteiger partial charge in [0.2, 0.25) is 0 Å². The third-order valence-electron chi connectivity index (χ3n) is 4.41. The predicted octanol–water partition coefficient (Wildman–Crippen LogP) is 1.24. The van der Waals surface area contributed by atoms with Gasteiger partial charge in [0.05, 0.1) is 11.9 Å². The van der Waals surface area contributed by atoms with Crippen molar-refractivity contribution < 1.29 is 23.8 Å². The first-order valence-corrected chi connectivity index (χ1v) is 8.13. The molecular weight excluding hydrogens is 344 g/mol. The maximum Gasteiger partial charge on any atom is 0.263 e. The van der Waals surface area contributed by atoms with Crippen LogP contribution in [0, 0.1) is 18.6 Å². The maximum atomic E-state index is 13.2. The summed E-state index contributed by atoms with van der Waals surface area (Å²) in [5, 5.41) is 23.5. The van der Waals surface area contributed by atoms with E-state index in [-0.39, 0.29) is 25.1 Å². The highest BCUT2D eigenvalue weighted by atomic mass is 19.1. The summed E-state index contributed by atoms with van der Waals surface area (Å²) in [6.45, 7) is 1.92. The van der Waals surface area contributed by atoms with Crippen molar-refractivity contribution in [2.45, 2.75) is 31.7 Å². The first-order valence-electron chi connectivity index (χ1n) is 8.13. The van der Waals surface area contributed by atoms with Gasteiger partial charge in [-0.05, 0) is 36.8 Å². The number of nitrogens with zero attached hydrogens (tertiary/aromatic N) is 2. The lowest BCUT2D eigenvalue weighted by Crippen LogP contribution is -2.55. The normalized spacial score (nSPS) is 21.3. The molecule has 3 rings (SSSR count). The first kappa shape index (κ1) is 18.4. The Labute approximate surface area is 149 Å². The van der Waals surface area contributed by atoms with E-state index < -0.39 is 29.4 Å². The molecule has 6 nitrogen and oxygen atoms in total. The SMILES string of the molecule is Cc1ccc(N2CCC(O)(C(O)NCc3cc(F)cc(F)c3)C2=O)cn1. The van der Waals surface area contributed by atoms with Gasteiger partial charge in [0.25, 0.3) is 5.91 Å². The van der Waals surface area contributed by atoms with Crippen LogP contribution in [0.1, 0.15) is 17.7 Å². The van der Waals surface area contributed by atoms with E-state index in [1.807, 2.05) is 6.92 Å². The highest BCUT2D eigenvalue weighted by Gasteiger charge is 2.51. The van der Waals surface area contributed by atoms with E-state index in [0.29, 0.717) is 5.69 Å². The largest absolute Gasteiger partial charge is 0.376 e. The van der Waals surface area contributed by atoms with E-state index in [0.717, 1.165) is 23.9 Å². The average molecular weight is 363 g/mol. The van der Waals surface area contributed by atoms with Crippen molar-refractivity contribution in [3.63, 3.8) is 0 Å². The molecule has 1 fully saturated rings. The smallest absolute Gasteiger partial charge is 0.263 e. The zero-order valence-corrected chi connectivity index (χ0v) is 14.1. The number of nitrogens with one attached hydrogen (secondary N) is 1. The van der Waals surface area contributed by atoms with Gasteiger partial charge in [-0.15, -0.1) is 0 Å². The fourth-order valence-electron chi connectivity index (χ4n) is 2.94. The van der Waals surface area contributed by atoms with Crippen LogP contribution >= 0.6 is 0 Å². The fraction of sp³-hybridized carbons (Fsp3) is 0.333. The summed E-state index contributed by atoms with van der Waals surface area (Å²) in [5.74, 6) is -2.15. The number of amides is 1. The molecule has 3 N–H and O–H groups in total. The summed E-state index contributed by atoms with van der Waals surface area (Å²) >= 11 is 0. The van der Waals surface area contributed by atoms with Gasteiger partial charge in [0.15, 0.2) is 5.60 Å². The Morgan fingerprint density at radius 3 is 2.62 bits per heavy atom. The van der Waals surface area contributed by atoms with Crippen molar-refractivity contribution in [3.8, 4) is 0 Å². The van der Waals surface area contributed by atoms with Gasteiger partial charge in [-0.1, -0.05) is 0 Å².